The highest BCUT2D eigenvalue weighted by atomic mass is 31.2. The number of rotatable bonds is 3. The maximum absolute atomic E-state index is 11.0. The van der Waals surface area contributed by atoms with Crippen LogP contribution < -0.4 is 9.79 Å². The monoisotopic (exact) mass is 228 g/mol. The normalized spacial score (nSPS) is 11.1. The Morgan fingerprint density at radius 2 is 1.87 bits per heavy atom. The fraction of sp³-hybridized carbons (Fsp3) is 0.222. The smallest absolute Gasteiger partial charge is 0.337 e. The Morgan fingerprint density at radius 3 is 2.27 bits per heavy atom. The molecule has 1 rings (SSSR count). The van der Waals surface area contributed by atoms with E-state index in [1.165, 1.54) is 31.4 Å². The second-order valence-corrected chi connectivity index (χ2v) is 4.50. The summed E-state index contributed by atoms with van der Waals surface area (Å²) in [4.78, 5) is 31.9. The van der Waals surface area contributed by atoms with E-state index in [0.29, 0.717) is 11.1 Å². The number of esters is 1. The largest absolute Gasteiger partial charge is 0.810 e. The van der Waals surface area contributed by atoms with Crippen LogP contribution in [0, 0.1) is 0 Å². The highest BCUT2D eigenvalue weighted by molar-refractivity contribution is 7.47. The molecule has 0 bridgehead atoms. The van der Waals surface area contributed by atoms with Gasteiger partial charge >= 0.3 is 5.97 Å². The molecule has 0 spiro atoms. The number of hydrogen-bond acceptors (Lipinski definition) is 5. The average molecular weight is 228 g/mol. The minimum Gasteiger partial charge on any atom is -0.810 e. The minimum atomic E-state index is -4.55. The second-order valence-electron chi connectivity index (χ2n) is 2.96. The predicted molar refractivity (Wildman–Crippen MR) is 49.1 cm³/mol. The van der Waals surface area contributed by atoms with Gasteiger partial charge in [-0.05, 0) is 17.7 Å². The van der Waals surface area contributed by atoms with Crippen LogP contribution in [0.15, 0.2) is 24.3 Å². The molecule has 0 unspecified atom stereocenters. The van der Waals surface area contributed by atoms with Crippen LogP contribution >= 0.6 is 7.60 Å². The van der Waals surface area contributed by atoms with Crippen molar-refractivity contribution in [3.63, 3.8) is 0 Å². The molecule has 0 radical (unpaired) electrons. The van der Waals surface area contributed by atoms with E-state index < -0.39 is 19.7 Å². The van der Waals surface area contributed by atoms with E-state index in [4.69, 9.17) is 0 Å². The maximum atomic E-state index is 11.0. The molecule has 0 atom stereocenters. The number of benzene rings is 1. The van der Waals surface area contributed by atoms with E-state index in [2.05, 4.69) is 4.74 Å². The first-order valence-corrected chi connectivity index (χ1v) is 5.83. The predicted octanol–water partition coefficient (Wildman–Crippen LogP) is -0.113. The molecule has 5 nitrogen and oxygen atoms in total. The molecular formula is C9H9O5P-2. The van der Waals surface area contributed by atoms with Gasteiger partial charge in [0.25, 0.3) is 0 Å². The van der Waals surface area contributed by atoms with Crippen molar-refractivity contribution in [3.8, 4) is 0 Å². The van der Waals surface area contributed by atoms with Crippen molar-refractivity contribution in [2.24, 2.45) is 0 Å². The van der Waals surface area contributed by atoms with Crippen molar-refractivity contribution >= 4 is 13.6 Å². The molecule has 1 aromatic carbocycles. The number of carbonyl (C=O) groups is 1. The van der Waals surface area contributed by atoms with Gasteiger partial charge in [-0.3, -0.25) is 0 Å². The molecule has 0 aromatic heterocycles. The summed E-state index contributed by atoms with van der Waals surface area (Å²) in [6.45, 7) is 0. The van der Waals surface area contributed by atoms with Crippen molar-refractivity contribution < 1.29 is 23.9 Å². The van der Waals surface area contributed by atoms with Crippen molar-refractivity contribution in [1.29, 1.82) is 0 Å². The number of methoxy groups -OCH3 is 1. The molecular weight excluding hydrogens is 219 g/mol. The van der Waals surface area contributed by atoms with Crippen LogP contribution in [-0.4, -0.2) is 13.1 Å². The van der Waals surface area contributed by atoms with Crippen molar-refractivity contribution in [1.82, 2.24) is 0 Å². The van der Waals surface area contributed by atoms with Crippen LogP contribution in [-0.2, 0) is 15.5 Å². The zero-order valence-corrected chi connectivity index (χ0v) is 8.90. The standard InChI is InChI=1S/C9H11O5P/c1-14-9(10)8-4-2-7(3-5-8)6-15(11,12)13/h2-5H,6H2,1H3,(H2,11,12,13)/p-2. The first-order chi connectivity index (χ1) is 6.92. The first-order valence-electron chi connectivity index (χ1n) is 4.11. The second kappa shape index (κ2) is 4.57. The van der Waals surface area contributed by atoms with Crippen LogP contribution in [0.1, 0.15) is 15.9 Å². The molecule has 0 saturated heterocycles. The van der Waals surface area contributed by atoms with Gasteiger partial charge in [0.2, 0.25) is 0 Å². The Balaban J connectivity index is 2.81. The van der Waals surface area contributed by atoms with Gasteiger partial charge in [0.15, 0.2) is 0 Å². The van der Waals surface area contributed by atoms with Gasteiger partial charge in [0.1, 0.15) is 0 Å². The van der Waals surface area contributed by atoms with Crippen LogP contribution in [0.2, 0.25) is 0 Å². The first kappa shape index (κ1) is 11.9. The third kappa shape index (κ3) is 3.83. The molecule has 15 heavy (non-hydrogen) atoms. The SMILES string of the molecule is COC(=O)c1ccc(CP(=O)([O-])[O-])cc1. The third-order valence-corrected chi connectivity index (χ3v) is 2.50. The lowest BCUT2D eigenvalue weighted by atomic mass is 10.1. The fourth-order valence-electron chi connectivity index (χ4n) is 1.09. The summed E-state index contributed by atoms with van der Waals surface area (Å²) in [7, 11) is -3.30. The Labute approximate surface area is 86.9 Å². The lowest BCUT2D eigenvalue weighted by molar-refractivity contribution is -0.314. The summed E-state index contributed by atoms with van der Waals surface area (Å²) in [5.74, 6) is -0.506. The summed E-state index contributed by atoms with van der Waals surface area (Å²) in [5.41, 5.74) is 0.670. The molecule has 0 heterocycles. The maximum Gasteiger partial charge on any atom is 0.337 e. The molecule has 0 fully saturated rings. The van der Waals surface area contributed by atoms with E-state index in [1.807, 2.05) is 0 Å². The van der Waals surface area contributed by atoms with E-state index in [9.17, 15) is 19.1 Å². The number of hydrogen-bond donors (Lipinski definition) is 0. The van der Waals surface area contributed by atoms with E-state index in [0.717, 1.165) is 0 Å². The zero-order chi connectivity index (χ0) is 11.5. The number of carbonyl (C=O) groups excluding carboxylic acids is 1. The topological polar surface area (TPSA) is 89.5 Å². The van der Waals surface area contributed by atoms with Crippen molar-refractivity contribution in [2.45, 2.75) is 6.16 Å². The lowest BCUT2D eigenvalue weighted by Gasteiger charge is -2.29. The zero-order valence-electron chi connectivity index (χ0n) is 8.00. The number of ether oxygens (including phenoxy) is 1. The Morgan fingerprint density at radius 1 is 1.33 bits per heavy atom. The molecule has 0 N–H and O–H groups in total. The molecule has 82 valence electrons. The van der Waals surface area contributed by atoms with E-state index in [1.54, 1.807) is 0 Å². The van der Waals surface area contributed by atoms with Gasteiger partial charge < -0.3 is 19.1 Å². The molecule has 0 aliphatic heterocycles. The van der Waals surface area contributed by atoms with Gasteiger partial charge in [0.05, 0.1) is 12.7 Å². The van der Waals surface area contributed by atoms with Gasteiger partial charge in [-0.25, -0.2) is 4.79 Å². The minimum absolute atomic E-state index is 0.313. The lowest BCUT2D eigenvalue weighted by Crippen LogP contribution is -2.15. The summed E-state index contributed by atoms with van der Waals surface area (Å²) in [6.07, 6.45) is -0.547. The van der Waals surface area contributed by atoms with E-state index in [-0.39, 0.29) is 0 Å². The Kier molecular flexibility index (Phi) is 3.63. The molecule has 0 saturated carbocycles. The molecule has 0 aliphatic carbocycles. The van der Waals surface area contributed by atoms with Crippen molar-refractivity contribution in [2.75, 3.05) is 7.11 Å². The van der Waals surface area contributed by atoms with Crippen molar-refractivity contribution in [3.05, 3.63) is 35.4 Å². The Hall–Kier alpha value is -1.16. The molecule has 6 heteroatoms. The molecule has 1 aromatic rings. The van der Waals surface area contributed by atoms with Gasteiger partial charge in [-0.1, -0.05) is 19.7 Å². The summed E-state index contributed by atoms with van der Waals surface area (Å²) in [5, 5.41) is 0. The van der Waals surface area contributed by atoms with Crippen LogP contribution in [0.4, 0.5) is 0 Å². The average Bonchev–Trinajstić information content (AvgIpc) is 2.15. The Bertz CT molecular complexity index is 391. The van der Waals surface area contributed by atoms with Gasteiger partial charge in [-0.15, -0.1) is 0 Å². The third-order valence-electron chi connectivity index (χ3n) is 1.75. The van der Waals surface area contributed by atoms with Gasteiger partial charge in [0, 0.05) is 6.16 Å². The van der Waals surface area contributed by atoms with E-state index >= 15 is 0 Å². The summed E-state index contributed by atoms with van der Waals surface area (Å²) >= 11 is 0. The molecule has 0 amide bonds. The highest BCUT2D eigenvalue weighted by Gasteiger charge is 2.04. The summed E-state index contributed by atoms with van der Waals surface area (Å²) < 4.78 is 14.9. The fourth-order valence-corrected chi connectivity index (χ4v) is 1.75. The summed E-state index contributed by atoms with van der Waals surface area (Å²) in [6, 6.07) is 5.65. The van der Waals surface area contributed by atoms with Crippen LogP contribution in [0.3, 0.4) is 0 Å². The highest BCUT2D eigenvalue weighted by Crippen LogP contribution is 2.29. The van der Waals surface area contributed by atoms with Crippen LogP contribution in [0.25, 0.3) is 0 Å². The molecule has 0 aliphatic rings. The quantitative estimate of drug-likeness (QED) is 0.531. The van der Waals surface area contributed by atoms with Gasteiger partial charge in [-0.2, -0.15) is 0 Å². The van der Waals surface area contributed by atoms with Crippen LogP contribution in [0.5, 0.6) is 0 Å².